The molecule has 0 radical (unpaired) electrons. The van der Waals surface area contributed by atoms with Crippen molar-refractivity contribution in [3.63, 3.8) is 0 Å². The Bertz CT molecular complexity index is 442. The SMILES string of the molecule is CCOCc1ccccc1CN=C(N)N1CCOCC1. The molecule has 0 amide bonds. The van der Waals surface area contributed by atoms with E-state index in [4.69, 9.17) is 15.2 Å². The fraction of sp³-hybridized carbons (Fsp3) is 0.533. The third-order valence-electron chi connectivity index (χ3n) is 3.33. The van der Waals surface area contributed by atoms with Gasteiger partial charge in [-0.15, -0.1) is 0 Å². The molecule has 20 heavy (non-hydrogen) atoms. The van der Waals surface area contributed by atoms with E-state index in [0.717, 1.165) is 31.9 Å². The Balaban J connectivity index is 1.98. The Kier molecular flexibility index (Phi) is 5.83. The lowest BCUT2D eigenvalue weighted by Gasteiger charge is -2.27. The summed E-state index contributed by atoms with van der Waals surface area (Å²) in [5, 5.41) is 0. The van der Waals surface area contributed by atoms with Gasteiger partial charge in [0.05, 0.1) is 26.4 Å². The van der Waals surface area contributed by atoms with Crippen LogP contribution in [0.5, 0.6) is 0 Å². The zero-order valence-corrected chi connectivity index (χ0v) is 12.0. The molecule has 5 nitrogen and oxygen atoms in total. The molecular formula is C15H23N3O2. The van der Waals surface area contributed by atoms with Crippen molar-refractivity contribution in [2.75, 3.05) is 32.9 Å². The van der Waals surface area contributed by atoms with E-state index in [9.17, 15) is 0 Å². The maximum atomic E-state index is 6.04. The van der Waals surface area contributed by atoms with Gasteiger partial charge in [0.2, 0.25) is 0 Å². The van der Waals surface area contributed by atoms with Gasteiger partial charge in [0.25, 0.3) is 0 Å². The van der Waals surface area contributed by atoms with E-state index in [0.29, 0.717) is 25.7 Å². The third-order valence-corrected chi connectivity index (χ3v) is 3.33. The molecular weight excluding hydrogens is 254 g/mol. The van der Waals surface area contributed by atoms with Crippen molar-refractivity contribution in [3.05, 3.63) is 35.4 Å². The maximum absolute atomic E-state index is 6.04. The van der Waals surface area contributed by atoms with Crippen LogP contribution in [0.15, 0.2) is 29.3 Å². The average Bonchev–Trinajstić information content (AvgIpc) is 2.52. The molecule has 0 unspecified atom stereocenters. The number of nitrogens with two attached hydrogens (primary N) is 1. The third kappa shape index (κ3) is 4.21. The fourth-order valence-corrected chi connectivity index (χ4v) is 2.12. The van der Waals surface area contributed by atoms with Gasteiger partial charge in [-0.05, 0) is 18.1 Å². The number of benzene rings is 1. The van der Waals surface area contributed by atoms with E-state index in [2.05, 4.69) is 22.0 Å². The molecule has 1 aromatic carbocycles. The van der Waals surface area contributed by atoms with Gasteiger partial charge in [-0.2, -0.15) is 0 Å². The highest BCUT2D eigenvalue weighted by atomic mass is 16.5. The first kappa shape index (κ1) is 14.8. The first-order valence-corrected chi connectivity index (χ1v) is 7.08. The van der Waals surface area contributed by atoms with Crippen molar-refractivity contribution in [2.45, 2.75) is 20.1 Å². The van der Waals surface area contributed by atoms with Gasteiger partial charge in [-0.25, -0.2) is 4.99 Å². The normalized spacial score (nSPS) is 16.4. The molecule has 1 heterocycles. The molecule has 110 valence electrons. The van der Waals surface area contributed by atoms with Gasteiger partial charge >= 0.3 is 0 Å². The molecule has 1 aliphatic rings. The monoisotopic (exact) mass is 277 g/mol. The number of rotatable bonds is 5. The van der Waals surface area contributed by atoms with Crippen LogP contribution in [0.3, 0.4) is 0 Å². The first-order chi connectivity index (χ1) is 9.81. The van der Waals surface area contributed by atoms with E-state index in [1.807, 2.05) is 19.1 Å². The molecule has 5 heteroatoms. The Morgan fingerprint density at radius 1 is 1.30 bits per heavy atom. The predicted molar refractivity (Wildman–Crippen MR) is 79.5 cm³/mol. The smallest absolute Gasteiger partial charge is 0.191 e. The van der Waals surface area contributed by atoms with E-state index in [1.54, 1.807) is 0 Å². The molecule has 2 N–H and O–H groups in total. The van der Waals surface area contributed by atoms with Crippen LogP contribution >= 0.6 is 0 Å². The summed E-state index contributed by atoms with van der Waals surface area (Å²) in [6, 6.07) is 8.19. The topological polar surface area (TPSA) is 60.1 Å². The van der Waals surface area contributed by atoms with Gasteiger partial charge < -0.3 is 20.1 Å². The van der Waals surface area contributed by atoms with Crippen LogP contribution in [0.1, 0.15) is 18.1 Å². The lowest BCUT2D eigenvalue weighted by Crippen LogP contribution is -2.44. The number of nitrogens with zero attached hydrogens (tertiary/aromatic N) is 2. The Labute approximate surface area is 120 Å². The highest BCUT2D eigenvalue weighted by Crippen LogP contribution is 2.11. The summed E-state index contributed by atoms with van der Waals surface area (Å²) in [6.07, 6.45) is 0. The molecule has 0 atom stereocenters. The summed E-state index contributed by atoms with van der Waals surface area (Å²) in [6.45, 7) is 7.00. The highest BCUT2D eigenvalue weighted by Gasteiger charge is 2.12. The van der Waals surface area contributed by atoms with E-state index in [1.165, 1.54) is 5.56 Å². The van der Waals surface area contributed by atoms with Crippen molar-refractivity contribution >= 4 is 5.96 Å². The average molecular weight is 277 g/mol. The largest absolute Gasteiger partial charge is 0.378 e. The summed E-state index contributed by atoms with van der Waals surface area (Å²) in [7, 11) is 0. The fourth-order valence-electron chi connectivity index (χ4n) is 2.12. The zero-order chi connectivity index (χ0) is 14.2. The summed E-state index contributed by atoms with van der Waals surface area (Å²) in [5.41, 5.74) is 8.37. The molecule has 0 spiro atoms. The van der Waals surface area contributed by atoms with Crippen LogP contribution in [-0.2, 0) is 22.6 Å². The van der Waals surface area contributed by atoms with E-state index >= 15 is 0 Å². The van der Waals surface area contributed by atoms with Crippen LogP contribution < -0.4 is 5.73 Å². The summed E-state index contributed by atoms with van der Waals surface area (Å²) in [5.74, 6) is 0.597. The molecule has 0 aliphatic carbocycles. The Morgan fingerprint density at radius 3 is 2.70 bits per heavy atom. The number of hydrogen-bond acceptors (Lipinski definition) is 3. The second-order valence-electron chi connectivity index (χ2n) is 4.68. The van der Waals surface area contributed by atoms with Crippen LogP contribution in [0, 0.1) is 0 Å². The summed E-state index contributed by atoms with van der Waals surface area (Å²) in [4.78, 5) is 6.56. The number of ether oxygens (including phenoxy) is 2. The summed E-state index contributed by atoms with van der Waals surface area (Å²) >= 11 is 0. The van der Waals surface area contributed by atoms with Crippen molar-refractivity contribution in [3.8, 4) is 0 Å². The van der Waals surface area contributed by atoms with Crippen LogP contribution in [0.25, 0.3) is 0 Å². The van der Waals surface area contributed by atoms with Gasteiger partial charge in [0, 0.05) is 19.7 Å². The van der Waals surface area contributed by atoms with Crippen LogP contribution in [0.4, 0.5) is 0 Å². The Hall–Kier alpha value is -1.59. The zero-order valence-electron chi connectivity index (χ0n) is 12.0. The second-order valence-corrected chi connectivity index (χ2v) is 4.68. The first-order valence-electron chi connectivity index (χ1n) is 7.08. The minimum atomic E-state index is 0.590. The van der Waals surface area contributed by atoms with Gasteiger partial charge in [-0.1, -0.05) is 24.3 Å². The number of hydrogen-bond donors (Lipinski definition) is 1. The molecule has 1 saturated heterocycles. The molecule has 0 bridgehead atoms. The minimum absolute atomic E-state index is 0.590. The molecule has 0 aromatic heterocycles. The quantitative estimate of drug-likeness (QED) is 0.652. The highest BCUT2D eigenvalue weighted by molar-refractivity contribution is 5.78. The molecule has 2 rings (SSSR count). The number of aliphatic imine (C=N–C) groups is 1. The van der Waals surface area contributed by atoms with Crippen molar-refractivity contribution in [2.24, 2.45) is 10.7 Å². The van der Waals surface area contributed by atoms with Gasteiger partial charge in [-0.3, -0.25) is 0 Å². The minimum Gasteiger partial charge on any atom is -0.378 e. The van der Waals surface area contributed by atoms with E-state index < -0.39 is 0 Å². The number of guanidine groups is 1. The number of morpholine rings is 1. The predicted octanol–water partition coefficient (Wildman–Crippen LogP) is 1.37. The van der Waals surface area contributed by atoms with E-state index in [-0.39, 0.29) is 0 Å². The lowest BCUT2D eigenvalue weighted by molar-refractivity contribution is 0.0674. The molecule has 0 saturated carbocycles. The van der Waals surface area contributed by atoms with Gasteiger partial charge in [0.1, 0.15) is 0 Å². The summed E-state index contributed by atoms with van der Waals surface area (Å²) < 4.78 is 10.8. The Morgan fingerprint density at radius 2 is 2.00 bits per heavy atom. The molecule has 1 aliphatic heterocycles. The van der Waals surface area contributed by atoms with Crippen molar-refractivity contribution in [1.82, 2.24) is 4.90 Å². The van der Waals surface area contributed by atoms with Crippen molar-refractivity contribution < 1.29 is 9.47 Å². The standard InChI is InChI=1S/C15H23N3O2/c1-2-19-12-14-6-4-3-5-13(14)11-17-15(16)18-7-9-20-10-8-18/h3-6H,2,7-12H2,1H3,(H2,16,17). The lowest BCUT2D eigenvalue weighted by atomic mass is 10.1. The van der Waals surface area contributed by atoms with Gasteiger partial charge in [0.15, 0.2) is 5.96 Å². The second kappa shape index (κ2) is 7.87. The molecule has 1 aromatic rings. The molecule has 1 fully saturated rings. The van der Waals surface area contributed by atoms with Crippen LogP contribution in [-0.4, -0.2) is 43.8 Å². The maximum Gasteiger partial charge on any atom is 0.191 e. The van der Waals surface area contributed by atoms with Crippen molar-refractivity contribution in [1.29, 1.82) is 0 Å². The van der Waals surface area contributed by atoms with Crippen LogP contribution in [0.2, 0.25) is 0 Å².